The van der Waals surface area contributed by atoms with Crippen molar-refractivity contribution in [1.29, 1.82) is 0 Å². The van der Waals surface area contributed by atoms with Crippen LogP contribution in [-0.4, -0.2) is 19.5 Å². The first-order valence-corrected chi connectivity index (χ1v) is 5.00. The Labute approximate surface area is 80.2 Å². The Balaban J connectivity index is 3.51. The van der Waals surface area contributed by atoms with Crippen LogP contribution in [0.2, 0.25) is 0 Å². The summed E-state index contributed by atoms with van der Waals surface area (Å²) >= 11 is 0. The summed E-state index contributed by atoms with van der Waals surface area (Å²) in [5.74, 6) is -1.28. The standard InChI is InChI=1S/C8H7FO4S/c1-5-6(8(10)11)3-2-4-7(5)14(9,12)13/h2-4H,1H3,(H,10,11). The Morgan fingerprint density at radius 2 is 2.00 bits per heavy atom. The number of benzene rings is 1. The van der Waals surface area contributed by atoms with Gasteiger partial charge in [0.2, 0.25) is 0 Å². The summed E-state index contributed by atoms with van der Waals surface area (Å²) in [7, 11) is -4.85. The van der Waals surface area contributed by atoms with Crippen LogP contribution < -0.4 is 0 Å². The van der Waals surface area contributed by atoms with Gasteiger partial charge >= 0.3 is 16.2 Å². The van der Waals surface area contributed by atoms with Crippen LogP contribution in [0.3, 0.4) is 0 Å². The van der Waals surface area contributed by atoms with Gasteiger partial charge in [0.1, 0.15) is 4.90 Å². The summed E-state index contributed by atoms with van der Waals surface area (Å²) in [5.41, 5.74) is -0.314. The van der Waals surface area contributed by atoms with Gasteiger partial charge in [0.25, 0.3) is 0 Å². The van der Waals surface area contributed by atoms with Crippen molar-refractivity contribution >= 4 is 16.2 Å². The van der Waals surface area contributed by atoms with E-state index in [2.05, 4.69) is 0 Å². The lowest BCUT2D eigenvalue weighted by atomic mass is 10.1. The van der Waals surface area contributed by atoms with Crippen LogP contribution >= 0.6 is 0 Å². The van der Waals surface area contributed by atoms with Crippen LogP contribution in [0.5, 0.6) is 0 Å². The molecule has 1 aromatic rings. The molecule has 0 fully saturated rings. The topological polar surface area (TPSA) is 71.4 Å². The number of carboxylic acid groups (broad SMARTS) is 1. The molecule has 0 aliphatic rings. The van der Waals surface area contributed by atoms with Gasteiger partial charge in [0.05, 0.1) is 5.56 Å². The average Bonchev–Trinajstić information content (AvgIpc) is 2.01. The quantitative estimate of drug-likeness (QED) is 0.760. The first kappa shape index (κ1) is 10.6. The highest BCUT2D eigenvalue weighted by Gasteiger charge is 2.19. The van der Waals surface area contributed by atoms with Crippen molar-refractivity contribution in [1.82, 2.24) is 0 Å². The highest BCUT2D eigenvalue weighted by atomic mass is 32.3. The van der Waals surface area contributed by atoms with E-state index in [0.717, 1.165) is 6.07 Å². The van der Waals surface area contributed by atoms with E-state index in [9.17, 15) is 17.1 Å². The Bertz CT molecular complexity index is 478. The highest BCUT2D eigenvalue weighted by Crippen LogP contribution is 2.20. The number of carboxylic acids is 1. The predicted molar refractivity (Wildman–Crippen MR) is 46.4 cm³/mol. The molecule has 0 radical (unpaired) electrons. The minimum atomic E-state index is -4.85. The van der Waals surface area contributed by atoms with Crippen molar-refractivity contribution in [3.63, 3.8) is 0 Å². The molecule has 0 unspecified atom stereocenters. The third-order valence-corrected chi connectivity index (χ3v) is 2.74. The van der Waals surface area contributed by atoms with Crippen LogP contribution in [0.15, 0.2) is 23.1 Å². The summed E-state index contributed by atoms with van der Waals surface area (Å²) in [5, 5.41) is 8.64. The molecule has 0 aliphatic heterocycles. The second kappa shape index (κ2) is 3.38. The number of hydrogen-bond acceptors (Lipinski definition) is 3. The predicted octanol–water partition coefficient (Wildman–Crippen LogP) is 1.35. The van der Waals surface area contributed by atoms with Crippen LogP contribution in [0.4, 0.5) is 3.89 Å². The molecule has 0 atom stereocenters. The number of hydrogen-bond donors (Lipinski definition) is 1. The molecule has 76 valence electrons. The Morgan fingerprint density at radius 1 is 1.43 bits per heavy atom. The lowest BCUT2D eigenvalue weighted by Crippen LogP contribution is -2.04. The molecule has 0 aliphatic carbocycles. The molecule has 0 saturated carbocycles. The molecule has 0 amide bonds. The van der Waals surface area contributed by atoms with Crippen molar-refractivity contribution in [2.45, 2.75) is 11.8 Å². The molecule has 0 spiro atoms. The smallest absolute Gasteiger partial charge is 0.335 e. The molecule has 4 nitrogen and oxygen atoms in total. The monoisotopic (exact) mass is 218 g/mol. The van der Waals surface area contributed by atoms with Crippen molar-refractivity contribution in [3.8, 4) is 0 Å². The van der Waals surface area contributed by atoms with Gasteiger partial charge in [0.15, 0.2) is 0 Å². The highest BCUT2D eigenvalue weighted by molar-refractivity contribution is 7.86. The molecular formula is C8H7FO4S. The van der Waals surface area contributed by atoms with Crippen LogP contribution in [0.25, 0.3) is 0 Å². The van der Waals surface area contributed by atoms with E-state index in [1.165, 1.54) is 19.1 Å². The van der Waals surface area contributed by atoms with Crippen LogP contribution in [-0.2, 0) is 10.2 Å². The molecule has 14 heavy (non-hydrogen) atoms. The number of rotatable bonds is 2. The SMILES string of the molecule is Cc1c(C(=O)O)cccc1S(=O)(=O)F. The maximum atomic E-state index is 12.6. The van der Waals surface area contributed by atoms with Crippen LogP contribution in [0, 0.1) is 6.92 Å². The molecule has 0 heterocycles. The van der Waals surface area contributed by atoms with Crippen LogP contribution in [0.1, 0.15) is 15.9 Å². The number of carbonyl (C=O) groups is 1. The zero-order valence-electron chi connectivity index (χ0n) is 7.19. The van der Waals surface area contributed by atoms with Gasteiger partial charge in [0, 0.05) is 0 Å². The van der Waals surface area contributed by atoms with Gasteiger partial charge in [-0.15, -0.1) is 3.89 Å². The molecule has 1 aromatic carbocycles. The number of halogens is 1. The van der Waals surface area contributed by atoms with E-state index in [0.29, 0.717) is 0 Å². The van der Waals surface area contributed by atoms with Gasteiger partial charge < -0.3 is 5.11 Å². The van der Waals surface area contributed by atoms with E-state index in [4.69, 9.17) is 5.11 Å². The van der Waals surface area contributed by atoms with Gasteiger partial charge in [-0.2, -0.15) is 8.42 Å². The van der Waals surface area contributed by atoms with Crippen molar-refractivity contribution in [2.75, 3.05) is 0 Å². The fourth-order valence-corrected chi connectivity index (χ4v) is 1.83. The van der Waals surface area contributed by atoms with Crippen molar-refractivity contribution < 1.29 is 22.2 Å². The van der Waals surface area contributed by atoms with E-state index >= 15 is 0 Å². The van der Waals surface area contributed by atoms with E-state index in [1.807, 2.05) is 0 Å². The molecule has 1 N–H and O–H groups in total. The summed E-state index contributed by atoms with van der Waals surface area (Å²) < 4.78 is 33.7. The summed E-state index contributed by atoms with van der Waals surface area (Å²) in [6, 6.07) is 3.42. The van der Waals surface area contributed by atoms with E-state index in [-0.39, 0.29) is 11.1 Å². The minimum Gasteiger partial charge on any atom is -0.478 e. The van der Waals surface area contributed by atoms with Crippen molar-refractivity contribution in [3.05, 3.63) is 29.3 Å². The Kier molecular flexibility index (Phi) is 2.57. The van der Waals surface area contributed by atoms with Gasteiger partial charge in [-0.3, -0.25) is 0 Å². The lowest BCUT2D eigenvalue weighted by molar-refractivity contribution is 0.0696. The second-order valence-electron chi connectivity index (χ2n) is 2.67. The zero-order chi connectivity index (χ0) is 10.9. The fourth-order valence-electron chi connectivity index (χ4n) is 1.11. The molecule has 0 bridgehead atoms. The van der Waals surface area contributed by atoms with Gasteiger partial charge in [-0.05, 0) is 24.6 Å². The van der Waals surface area contributed by atoms with E-state index in [1.54, 1.807) is 0 Å². The van der Waals surface area contributed by atoms with E-state index < -0.39 is 21.1 Å². The normalized spacial score (nSPS) is 11.3. The second-order valence-corrected chi connectivity index (χ2v) is 3.99. The third kappa shape index (κ3) is 1.90. The first-order chi connectivity index (χ1) is 6.34. The largest absolute Gasteiger partial charge is 0.478 e. The summed E-state index contributed by atoms with van der Waals surface area (Å²) in [4.78, 5) is 9.98. The fraction of sp³-hybridized carbons (Fsp3) is 0.125. The third-order valence-electron chi connectivity index (χ3n) is 1.78. The maximum Gasteiger partial charge on any atom is 0.335 e. The average molecular weight is 218 g/mol. The minimum absolute atomic E-state index is 0.0949. The number of aromatic carboxylic acids is 1. The molecule has 6 heteroatoms. The molecule has 1 rings (SSSR count). The molecule has 0 saturated heterocycles. The zero-order valence-corrected chi connectivity index (χ0v) is 8.01. The Morgan fingerprint density at radius 3 is 2.43 bits per heavy atom. The Hall–Kier alpha value is -1.43. The van der Waals surface area contributed by atoms with Crippen molar-refractivity contribution in [2.24, 2.45) is 0 Å². The summed E-state index contributed by atoms with van der Waals surface area (Å²) in [6.45, 7) is 1.25. The lowest BCUT2D eigenvalue weighted by Gasteiger charge is -2.03. The van der Waals surface area contributed by atoms with Gasteiger partial charge in [-0.25, -0.2) is 4.79 Å². The first-order valence-electron chi connectivity index (χ1n) is 3.61. The maximum absolute atomic E-state index is 12.6. The molecular weight excluding hydrogens is 211 g/mol. The van der Waals surface area contributed by atoms with Gasteiger partial charge in [-0.1, -0.05) is 6.07 Å². The summed E-state index contributed by atoms with van der Waals surface area (Å²) in [6.07, 6.45) is 0. The molecule has 0 aromatic heterocycles.